The Balaban J connectivity index is 1.99. The van der Waals surface area contributed by atoms with Crippen LogP contribution >= 0.6 is 12.2 Å². The average Bonchev–Trinajstić information content (AvgIpc) is 2.73. The van der Waals surface area contributed by atoms with Gasteiger partial charge in [-0.2, -0.15) is 0 Å². The molecule has 1 aromatic carbocycles. The zero-order valence-electron chi connectivity index (χ0n) is 10.4. The van der Waals surface area contributed by atoms with Crippen LogP contribution in [-0.2, 0) is 0 Å². The molecule has 1 aliphatic heterocycles. The van der Waals surface area contributed by atoms with Crippen molar-refractivity contribution in [1.82, 2.24) is 4.90 Å². The molecule has 3 N–H and O–H groups in total. The lowest BCUT2D eigenvalue weighted by Crippen LogP contribution is -2.31. The number of hydrogen-bond acceptors (Lipinski definition) is 3. The highest BCUT2D eigenvalue weighted by atomic mass is 32.1. The Morgan fingerprint density at radius 3 is 2.94 bits per heavy atom. The molecule has 0 spiro atoms. The largest absolute Gasteiger partial charge is 0.389 e. The summed E-state index contributed by atoms with van der Waals surface area (Å²) in [4.78, 5) is 2.52. The molecule has 0 saturated carbocycles. The summed E-state index contributed by atoms with van der Waals surface area (Å²) in [5.41, 5.74) is 6.53. The highest BCUT2D eigenvalue weighted by molar-refractivity contribution is 7.80. The molecule has 1 unspecified atom stereocenters. The van der Waals surface area contributed by atoms with E-state index in [2.05, 4.69) is 17.3 Å². The Labute approximate surface area is 112 Å². The van der Waals surface area contributed by atoms with Gasteiger partial charge in [0.1, 0.15) is 10.8 Å². The van der Waals surface area contributed by atoms with E-state index in [1.807, 2.05) is 0 Å². The molecule has 1 aromatic rings. The van der Waals surface area contributed by atoms with Gasteiger partial charge in [0.2, 0.25) is 0 Å². The quantitative estimate of drug-likeness (QED) is 0.818. The molecule has 0 radical (unpaired) electrons. The van der Waals surface area contributed by atoms with Gasteiger partial charge in [0, 0.05) is 18.2 Å². The van der Waals surface area contributed by atoms with Crippen LogP contribution in [0.1, 0.15) is 18.4 Å². The second-order valence-electron chi connectivity index (χ2n) is 4.72. The summed E-state index contributed by atoms with van der Waals surface area (Å²) in [7, 11) is 2.10. The Kier molecular flexibility index (Phi) is 4.14. The second kappa shape index (κ2) is 5.63. The fourth-order valence-electron chi connectivity index (χ4n) is 2.28. The van der Waals surface area contributed by atoms with Crippen molar-refractivity contribution in [3.63, 3.8) is 0 Å². The first-order valence-corrected chi connectivity index (χ1v) is 6.52. The fourth-order valence-corrected chi connectivity index (χ4v) is 2.40. The van der Waals surface area contributed by atoms with Crippen molar-refractivity contribution >= 4 is 22.9 Å². The molecule has 3 nitrogen and oxygen atoms in total. The molecule has 1 atom stereocenters. The summed E-state index contributed by atoms with van der Waals surface area (Å²) in [6.07, 6.45) is 2.38. The van der Waals surface area contributed by atoms with E-state index >= 15 is 0 Å². The van der Waals surface area contributed by atoms with Gasteiger partial charge in [-0.05, 0) is 44.6 Å². The molecule has 1 heterocycles. The molecule has 18 heavy (non-hydrogen) atoms. The van der Waals surface area contributed by atoms with Crippen LogP contribution in [0.3, 0.4) is 0 Å². The van der Waals surface area contributed by atoms with E-state index in [9.17, 15) is 4.39 Å². The van der Waals surface area contributed by atoms with Crippen LogP contribution in [0.4, 0.5) is 10.1 Å². The van der Waals surface area contributed by atoms with Crippen molar-refractivity contribution in [2.45, 2.75) is 18.9 Å². The van der Waals surface area contributed by atoms with Crippen molar-refractivity contribution in [3.8, 4) is 0 Å². The fraction of sp³-hybridized carbons (Fsp3) is 0.462. The lowest BCUT2D eigenvalue weighted by atomic mass is 10.1. The van der Waals surface area contributed by atoms with Crippen LogP contribution in [0.5, 0.6) is 0 Å². The predicted octanol–water partition coefficient (Wildman–Crippen LogP) is 1.97. The van der Waals surface area contributed by atoms with Crippen LogP contribution in [0.15, 0.2) is 18.2 Å². The molecule has 0 bridgehead atoms. The molecule has 5 heteroatoms. The lowest BCUT2D eigenvalue weighted by Gasteiger charge is -2.20. The van der Waals surface area contributed by atoms with E-state index in [4.69, 9.17) is 18.0 Å². The number of rotatable bonds is 4. The smallest absolute Gasteiger partial charge is 0.146 e. The first-order chi connectivity index (χ1) is 8.58. The summed E-state index contributed by atoms with van der Waals surface area (Å²) < 4.78 is 13.8. The Morgan fingerprint density at radius 2 is 2.39 bits per heavy atom. The summed E-state index contributed by atoms with van der Waals surface area (Å²) in [6.45, 7) is 1.88. The molecular weight excluding hydrogens is 249 g/mol. The van der Waals surface area contributed by atoms with Crippen LogP contribution < -0.4 is 11.1 Å². The third-order valence-electron chi connectivity index (χ3n) is 3.45. The molecule has 0 aromatic heterocycles. The number of nitrogens with two attached hydrogens (primary N) is 1. The summed E-state index contributed by atoms with van der Waals surface area (Å²) in [6, 6.07) is 5.30. The minimum atomic E-state index is -0.305. The predicted molar refractivity (Wildman–Crippen MR) is 76.4 cm³/mol. The van der Waals surface area contributed by atoms with Crippen LogP contribution in [0, 0.1) is 5.82 Å². The summed E-state index contributed by atoms with van der Waals surface area (Å²) >= 11 is 4.82. The van der Waals surface area contributed by atoms with Crippen LogP contribution in [-0.4, -0.2) is 36.1 Å². The molecule has 1 saturated heterocycles. The average molecular weight is 267 g/mol. The van der Waals surface area contributed by atoms with Gasteiger partial charge in [0.25, 0.3) is 0 Å². The van der Waals surface area contributed by atoms with E-state index in [1.54, 1.807) is 12.1 Å². The number of benzene rings is 1. The van der Waals surface area contributed by atoms with Crippen molar-refractivity contribution in [2.75, 3.05) is 25.5 Å². The zero-order valence-corrected chi connectivity index (χ0v) is 11.3. The monoisotopic (exact) mass is 267 g/mol. The van der Waals surface area contributed by atoms with E-state index < -0.39 is 0 Å². The van der Waals surface area contributed by atoms with Crippen LogP contribution in [0.2, 0.25) is 0 Å². The Hall–Kier alpha value is -1.20. The number of nitrogens with zero attached hydrogens (tertiary/aromatic N) is 1. The Bertz CT molecular complexity index is 450. The molecule has 2 rings (SSSR count). The van der Waals surface area contributed by atoms with Gasteiger partial charge in [-0.3, -0.25) is 0 Å². The first-order valence-electron chi connectivity index (χ1n) is 6.11. The lowest BCUT2D eigenvalue weighted by molar-refractivity contribution is 0.322. The molecule has 1 fully saturated rings. The van der Waals surface area contributed by atoms with Gasteiger partial charge in [-0.1, -0.05) is 12.2 Å². The molecular formula is C13H18FN3S. The van der Waals surface area contributed by atoms with Crippen molar-refractivity contribution in [3.05, 3.63) is 29.6 Å². The van der Waals surface area contributed by atoms with E-state index in [-0.39, 0.29) is 10.8 Å². The van der Waals surface area contributed by atoms with Gasteiger partial charge in [0.15, 0.2) is 0 Å². The molecule has 0 aliphatic carbocycles. The van der Waals surface area contributed by atoms with Crippen LogP contribution in [0.25, 0.3) is 0 Å². The zero-order chi connectivity index (χ0) is 13.1. The number of anilines is 1. The molecule has 0 amide bonds. The van der Waals surface area contributed by atoms with Gasteiger partial charge < -0.3 is 16.0 Å². The van der Waals surface area contributed by atoms with Crippen molar-refractivity contribution in [1.29, 1.82) is 0 Å². The minimum Gasteiger partial charge on any atom is -0.389 e. The maximum absolute atomic E-state index is 13.8. The number of thiocarbonyl (C=S) groups is 1. The maximum atomic E-state index is 13.8. The van der Waals surface area contributed by atoms with Gasteiger partial charge in [-0.25, -0.2) is 4.39 Å². The van der Waals surface area contributed by atoms with E-state index in [1.165, 1.54) is 12.5 Å². The van der Waals surface area contributed by atoms with Gasteiger partial charge in [0.05, 0.1) is 5.69 Å². The second-order valence-corrected chi connectivity index (χ2v) is 5.16. The highest BCUT2D eigenvalue weighted by Crippen LogP contribution is 2.19. The summed E-state index contributed by atoms with van der Waals surface area (Å²) in [5, 5.41) is 3.15. The van der Waals surface area contributed by atoms with Gasteiger partial charge >= 0.3 is 0 Å². The van der Waals surface area contributed by atoms with Gasteiger partial charge in [-0.15, -0.1) is 0 Å². The standard InChI is InChI=1S/C13H18FN3S/c1-17-6-2-3-10(17)8-16-12-5-4-9(13(15)18)7-11(12)14/h4-5,7,10,16H,2-3,6,8H2,1H3,(H2,15,18). The van der Waals surface area contributed by atoms with Crippen molar-refractivity contribution < 1.29 is 4.39 Å². The number of nitrogens with one attached hydrogen (secondary N) is 1. The number of halogens is 1. The SMILES string of the molecule is CN1CCCC1CNc1ccc(C(N)=S)cc1F. The first kappa shape index (κ1) is 13.2. The topological polar surface area (TPSA) is 41.3 Å². The highest BCUT2D eigenvalue weighted by Gasteiger charge is 2.20. The Morgan fingerprint density at radius 1 is 1.61 bits per heavy atom. The minimum absolute atomic E-state index is 0.218. The summed E-state index contributed by atoms with van der Waals surface area (Å²) in [5.74, 6) is -0.305. The molecule has 1 aliphatic rings. The van der Waals surface area contributed by atoms with E-state index in [0.29, 0.717) is 17.3 Å². The van der Waals surface area contributed by atoms with E-state index in [0.717, 1.165) is 19.5 Å². The number of likely N-dealkylation sites (N-methyl/N-ethyl adjacent to an activating group) is 1. The normalized spacial score (nSPS) is 20.0. The third kappa shape index (κ3) is 2.97. The van der Waals surface area contributed by atoms with Crippen molar-refractivity contribution in [2.24, 2.45) is 5.73 Å². The maximum Gasteiger partial charge on any atom is 0.146 e. The number of hydrogen-bond donors (Lipinski definition) is 2. The molecule has 98 valence electrons. The number of likely N-dealkylation sites (tertiary alicyclic amines) is 1. The third-order valence-corrected chi connectivity index (χ3v) is 3.69.